The number of rotatable bonds is 5. The van der Waals surface area contributed by atoms with Gasteiger partial charge in [-0.1, -0.05) is 12.1 Å². The van der Waals surface area contributed by atoms with Crippen LogP contribution in [0.2, 0.25) is 0 Å². The van der Waals surface area contributed by atoms with Crippen molar-refractivity contribution in [2.75, 3.05) is 19.8 Å². The fourth-order valence-electron chi connectivity index (χ4n) is 2.65. The molecule has 3 heterocycles. The highest BCUT2D eigenvalue weighted by molar-refractivity contribution is 5.76. The van der Waals surface area contributed by atoms with Gasteiger partial charge >= 0.3 is 0 Å². The zero-order chi connectivity index (χ0) is 16.1. The van der Waals surface area contributed by atoms with Gasteiger partial charge in [-0.25, -0.2) is 0 Å². The predicted molar refractivity (Wildman–Crippen MR) is 82.5 cm³/mol. The molecule has 7 nitrogen and oxygen atoms in total. The maximum absolute atomic E-state index is 12.4. The lowest BCUT2D eigenvalue weighted by molar-refractivity contribution is -0.140. The molecule has 0 aliphatic carbocycles. The van der Waals surface area contributed by atoms with Crippen LogP contribution in [-0.2, 0) is 16.0 Å². The zero-order valence-corrected chi connectivity index (χ0v) is 13.1. The molecule has 7 heteroatoms. The Morgan fingerprint density at radius 3 is 3.17 bits per heavy atom. The lowest BCUT2D eigenvalue weighted by Crippen LogP contribution is -2.48. The van der Waals surface area contributed by atoms with Crippen LogP contribution >= 0.6 is 0 Å². The van der Waals surface area contributed by atoms with Gasteiger partial charge < -0.3 is 14.2 Å². The molecular weight excluding hydrogens is 296 g/mol. The Morgan fingerprint density at radius 1 is 1.48 bits per heavy atom. The summed E-state index contributed by atoms with van der Waals surface area (Å²) in [6.07, 6.45) is 5.08. The van der Waals surface area contributed by atoms with Gasteiger partial charge in [0.05, 0.1) is 19.3 Å². The first-order valence-electron chi connectivity index (χ1n) is 7.88. The molecule has 122 valence electrons. The van der Waals surface area contributed by atoms with E-state index >= 15 is 0 Å². The van der Waals surface area contributed by atoms with Crippen LogP contribution in [-0.4, -0.2) is 51.7 Å². The average Bonchev–Trinajstić information content (AvgIpc) is 3.09. The van der Waals surface area contributed by atoms with Gasteiger partial charge in [-0.2, -0.15) is 4.98 Å². The quantitative estimate of drug-likeness (QED) is 0.835. The SMILES string of the molecule is CCC1COCCN1C(=O)CCc1nc(-c2cccnc2)no1. The highest BCUT2D eigenvalue weighted by atomic mass is 16.5. The van der Waals surface area contributed by atoms with Crippen molar-refractivity contribution in [3.05, 3.63) is 30.4 Å². The molecule has 3 rings (SSSR count). The van der Waals surface area contributed by atoms with Crippen molar-refractivity contribution in [3.8, 4) is 11.4 Å². The third kappa shape index (κ3) is 3.73. The van der Waals surface area contributed by atoms with Crippen LogP contribution in [0.4, 0.5) is 0 Å². The summed E-state index contributed by atoms with van der Waals surface area (Å²) in [5.41, 5.74) is 0.799. The van der Waals surface area contributed by atoms with Gasteiger partial charge in [0.1, 0.15) is 0 Å². The fraction of sp³-hybridized carbons (Fsp3) is 0.500. The smallest absolute Gasteiger partial charge is 0.227 e. The van der Waals surface area contributed by atoms with Crippen LogP contribution in [0.3, 0.4) is 0 Å². The van der Waals surface area contributed by atoms with Crippen molar-refractivity contribution in [1.29, 1.82) is 0 Å². The summed E-state index contributed by atoms with van der Waals surface area (Å²) >= 11 is 0. The summed E-state index contributed by atoms with van der Waals surface area (Å²) < 4.78 is 10.7. The summed E-state index contributed by atoms with van der Waals surface area (Å²) in [6.45, 7) is 3.95. The first kappa shape index (κ1) is 15.6. The Hall–Kier alpha value is -2.28. The lowest BCUT2D eigenvalue weighted by atomic mass is 10.1. The van der Waals surface area contributed by atoms with Gasteiger partial charge in [0.15, 0.2) is 0 Å². The molecule has 1 aliphatic heterocycles. The van der Waals surface area contributed by atoms with E-state index in [1.807, 2.05) is 17.0 Å². The summed E-state index contributed by atoms with van der Waals surface area (Å²) in [5.74, 6) is 1.08. The topological polar surface area (TPSA) is 81.4 Å². The van der Waals surface area contributed by atoms with E-state index in [9.17, 15) is 4.79 Å². The molecule has 2 aromatic heterocycles. The summed E-state index contributed by atoms with van der Waals surface area (Å²) in [5, 5.41) is 3.94. The lowest BCUT2D eigenvalue weighted by Gasteiger charge is -2.35. The third-order valence-electron chi connectivity index (χ3n) is 3.96. The summed E-state index contributed by atoms with van der Waals surface area (Å²) in [7, 11) is 0. The van der Waals surface area contributed by atoms with Gasteiger partial charge in [-0.15, -0.1) is 0 Å². The summed E-state index contributed by atoms with van der Waals surface area (Å²) in [4.78, 5) is 22.6. The van der Waals surface area contributed by atoms with E-state index in [4.69, 9.17) is 9.26 Å². The van der Waals surface area contributed by atoms with Crippen LogP contribution in [0.25, 0.3) is 11.4 Å². The molecule has 1 atom stereocenters. The summed E-state index contributed by atoms with van der Waals surface area (Å²) in [6, 6.07) is 3.86. The van der Waals surface area contributed by atoms with Crippen LogP contribution in [0.5, 0.6) is 0 Å². The number of hydrogen-bond donors (Lipinski definition) is 0. The van der Waals surface area contributed by atoms with Crippen LogP contribution in [0, 0.1) is 0 Å². The number of morpholine rings is 1. The van der Waals surface area contributed by atoms with Crippen LogP contribution in [0.15, 0.2) is 29.0 Å². The maximum Gasteiger partial charge on any atom is 0.227 e. The molecule has 23 heavy (non-hydrogen) atoms. The molecule has 0 spiro atoms. The van der Waals surface area contributed by atoms with E-state index < -0.39 is 0 Å². The second-order valence-electron chi connectivity index (χ2n) is 5.48. The zero-order valence-electron chi connectivity index (χ0n) is 13.1. The highest BCUT2D eigenvalue weighted by Crippen LogP contribution is 2.16. The molecule has 0 saturated carbocycles. The Balaban J connectivity index is 1.58. The minimum Gasteiger partial charge on any atom is -0.377 e. The number of nitrogens with zero attached hydrogens (tertiary/aromatic N) is 4. The Morgan fingerprint density at radius 2 is 2.39 bits per heavy atom. The average molecular weight is 316 g/mol. The Bertz CT molecular complexity index is 644. The number of aromatic nitrogens is 3. The minimum absolute atomic E-state index is 0.112. The Labute approximate surface area is 134 Å². The first-order valence-corrected chi connectivity index (χ1v) is 7.88. The Kier molecular flexibility index (Phi) is 4.97. The normalized spacial score (nSPS) is 18.1. The van der Waals surface area contributed by atoms with E-state index in [-0.39, 0.29) is 11.9 Å². The molecule has 1 saturated heterocycles. The van der Waals surface area contributed by atoms with E-state index in [1.165, 1.54) is 0 Å². The molecule has 1 fully saturated rings. The monoisotopic (exact) mass is 316 g/mol. The first-order chi connectivity index (χ1) is 11.3. The number of aryl methyl sites for hydroxylation is 1. The van der Waals surface area contributed by atoms with Crippen molar-refractivity contribution < 1.29 is 14.1 Å². The molecule has 1 unspecified atom stereocenters. The van der Waals surface area contributed by atoms with Crippen molar-refractivity contribution in [2.45, 2.75) is 32.2 Å². The minimum atomic E-state index is 0.112. The van der Waals surface area contributed by atoms with E-state index in [0.717, 1.165) is 12.0 Å². The standard InChI is InChI=1S/C16H20N4O3/c1-2-13-11-22-9-8-20(13)15(21)6-5-14-18-16(19-23-14)12-4-3-7-17-10-12/h3-4,7,10,13H,2,5-6,8-9,11H2,1H3. The molecule has 0 aromatic carbocycles. The third-order valence-corrected chi connectivity index (χ3v) is 3.96. The van der Waals surface area contributed by atoms with Crippen molar-refractivity contribution >= 4 is 5.91 Å². The number of amides is 1. The van der Waals surface area contributed by atoms with Crippen molar-refractivity contribution in [2.24, 2.45) is 0 Å². The number of carbonyl (C=O) groups excluding carboxylic acids is 1. The molecular formula is C16H20N4O3. The van der Waals surface area contributed by atoms with Gasteiger partial charge in [-0.3, -0.25) is 9.78 Å². The van der Waals surface area contributed by atoms with E-state index in [2.05, 4.69) is 22.0 Å². The molecule has 2 aromatic rings. The second-order valence-corrected chi connectivity index (χ2v) is 5.48. The maximum atomic E-state index is 12.4. The highest BCUT2D eigenvalue weighted by Gasteiger charge is 2.25. The van der Waals surface area contributed by atoms with E-state index in [0.29, 0.717) is 44.3 Å². The van der Waals surface area contributed by atoms with Gasteiger partial charge in [0.2, 0.25) is 17.6 Å². The molecule has 1 aliphatic rings. The van der Waals surface area contributed by atoms with Gasteiger partial charge in [0.25, 0.3) is 0 Å². The second kappa shape index (κ2) is 7.32. The molecule has 1 amide bonds. The molecule has 0 radical (unpaired) electrons. The van der Waals surface area contributed by atoms with Crippen molar-refractivity contribution in [1.82, 2.24) is 20.0 Å². The number of hydrogen-bond acceptors (Lipinski definition) is 6. The molecule has 0 N–H and O–H groups in total. The van der Waals surface area contributed by atoms with Gasteiger partial charge in [0, 0.05) is 37.3 Å². The number of pyridine rings is 1. The van der Waals surface area contributed by atoms with Gasteiger partial charge in [-0.05, 0) is 18.6 Å². The van der Waals surface area contributed by atoms with Crippen LogP contribution < -0.4 is 0 Å². The number of ether oxygens (including phenoxy) is 1. The van der Waals surface area contributed by atoms with Crippen molar-refractivity contribution in [3.63, 3.8) is 0 Å². The predicted octanol–water partition coefficient (Wildman–Crippen LogP) is 1.70. The fourth-order valence-corrected chi connectivity index (χ4v) is 2.65. The van der Waals surface area contributed by atoms with E-state index in [1.54, 1.807) is 12.4 Å². The molecule has 0 bridgehead atoms. The number of carbonyl (C=O) groups is 1. The largest absolute Gasteiger partial charge is 0.377 e. The van der Waals surface area contributed by atoms with Crippen LogP contribution in [0.1, 0.15) is 25.7 Å².